The maximum atomic E-state index is 11.5. The summed E-state index contributed by atoms with van der Waals surface area (Å²) in [5.41, 5.74) is 0.338. The zero-order valence-corrected chi connectivity index (χ0v) is 11.5. The van der Waals surface area contributed by atoms with Crippen LogP contribution in [0.15, 0.2) is 24.3 Å². The molecular formula is C14H17N3O3. The number of carbonyl (C=O) groups is 2. The van der Waals surface area contributed by atoms with Crippen molar-refractivity contribution in [2.24, 2.45) is 5.92 Å². The van der Waals surface area contributed by atoms with Gasteiger partial charge in [-0.2, -0.15) is 5.26 Å². The number of rotatable bonds is 5. The van der Waals surface area contributed by atoms with Crippen molar-refractivity contribution in [3.63, 3.8) is 0 Å². The molecule has 0 fully saturated rings. The molecule has 1 rings (SSSR count). The molecule has 0 atom stereocenters. The van der Waals surface area contributed by atoms with Crippen LogP contribution in [-0.4, -0.2) is 25.1 Å². The second kappa shape index (κ2) is 7.79. The molecule has 0 saturated carbocycles. The molecule has 0 unspecified atom stereocenters. The van der Waals surface area contributed by atoms with Crippen molar-refractivity contribution in [3.8, 4) is 11.8 Å². The minimum atomic E-state index is -0.570. The number of imide groups is 1. The van der Waals surface area contributed by atoms with Crippen molar-refractivity contribution in [3.05, 3.63) is 29.8 Å². The van der Waals surface area contributed by atoms with Crippen LogP contribution in [0.1, 0.15) is 19.4 Å². The number of nitriles is 1. The van der Waals surface area contributed by atoms with E-state index in [-0.39, 0.29) is 6.61 Å². The van der Waals surface area contributed by atoms with Gasteiger partial charge in [0, 0.05) is 6.54 Å². The van der Waals surface area contributed by atoms with Gasteiger partial charge in [0.15, 0.2) is 6.61 Å². The Morgan fingerprint density at radius 2 is 2.05 bits per heavy atom. The largest absolute Gasteiger partial charge is 0.482 e. The van der Waals surface area contributed by atoms with Crippen LogP contribution in [0.2, 0.25) is 0 Å². The Morgan fingerprint density at radius 1 is 1.35 bits per heavy atom. The fraction of sp³-hybridized carbons (Fsp3) is 0.357. The van der Waals surface area contributed by atoms with Crippen LogP contribution < -0.4 is 15.4 Å². The molecule has 1 aromatic carbocycles. The highest BCUT2D eigenvalue weighted by Gasteiger charge is 2.09. The standard InChI is InChI=1S/C14H17N3O3/c1-10(2)8-16-14(19)17-13(18)9-20-12-6-4-3-5-11(12)7-15/h3-6,10H,8-9H2,1-2H3,(H2,16,17,18,19). The molecule has 2 N–H and O–H groups in total. The van der Waals surface area contributed by atoms with E-state index < -0.39 is 11.9 Å². The van der Waals surface area contributed by atoms with Crippen LogP contribution in [0.3, 0.4) is 0 Å². The summed E-state index contributed by atoms with van der Waals surface area (Å²) in [6, 6.07) is 7.97. The van der Waals surface area contributed by atoms with Crippen molar-refractivity contribution >= 4 is 11.9 Å². The number of nitrogens with zero attached hydrogens (tertiary/aromatic N) is 1. The fourth-order valence-corrected chi connectivity index (χ4v) is 1.33. The lowest BCUT2D eigenvalue weighted by Crippen LogP contribution is -2.42. The average Bonchev–Trinajstić information content (AvgIpc) is 2.43. The highest BCUT2D eigenvalue weighted by atomic mass is 16.5. The predicted octanol–water partition coefficient (Wildman–Crippen LogP) is 1.42. The Labute approximate surface area is 117 Å². The summed E-state index contributed by atoms with van der Waals surface area (Å²) < 4.78 is 5.20. The Balaban J connectivity index is 2.40. The summed E-state index contributed by atoms with van der Waals surface area (Å²) in [5, 5.41) is 13.6. The molecule has 0 aliphatic rings. The molecule has 0 bridgehead atoms. The zero-order valence-electron chi connectivity index (χ0n) is 11.5. The summed E-state index contributed by atoms with van der Waals surface area (Å²) in [4.78, 5) is 22.8. The van der Waals surface area contributed by atoms with Crippen LogP contribution in [0.25, 0.3) is 0 Å². The Kier molecular flexibility index (Phi) is 6.04. The van der Waals surface area contributed by atoms with Crippen molar-refractivity contribution in [1.29, 1.82) is 5.26 Å². The number of para-hydroxylation sites is 1. The summed E-state index contributed by atoms with van der Waals surface area (Å²) in [6.45, 7) is 4.05. The van der Waals surface area contributed by atoms with Gasteiger partial charge in [-0.1, -0.05) is 26.0 Å². The quantitative estimate of drug-likeness (QED) is 0.850. The van der Waals surface area contributed by atoms with E-state index >= 15 is 0 Å². The van der Waals surface area contributed by atoms with Crippen molar-refractivity contribution < 1.29 is 14.3 Å². The molecule has 6 nitrogen and oxygen atoms in total. The molecule has 0 spiro atoms. The maximum Gasteiger partial charge on any atom is 0.321 e. The van der Waals surface area contributed by atoms with Gasteiger partial charge in [-0.25, -0.2) is 4.79 Å². The number of benzene rings is 1. The van der Waals surface area contributed by atoms with Gasteiger partial charge in [-0.15, -0.1) is 0 Å². The topological polar surface area (TPSA) is 91.2 Å². The first-order valence-electron chi connectivity index (χ1n) is 6.22. The normalized spacial score (nSPS) is 9.70. The maximum absolute atomic E-state index is 11.5. The molecule has 0 heterocycles. The third kappa shape index (κ3) is 5.40. The minimum Gasteiger partial charge on any atom is -0.482 e. The average molecular weight is 275 g/mol. The third-order valence-corrected chi connectivity index (χ3v) is 2.29. The molecular weight excluding hydrogens is 258 g/mol. The molecule has 20 heavy (non-hydrogen) atoms. The second-order valence-corrected chi connectivity index (χ2v) is 4.55. The predicted molar refractivity (Wildman–Crippen MR) is 73.0 cm³/mol. The van der Waals surface area contributed by atoms with E-state index in [1.807, 2.05) is 19.9 Å². The van der Waals surface area contributed by atoms with Gasteiger partial charge in [0.25, 0.3) is 5.91 Å². The van der Waals surface area contributed by atoms with E-state index in [1.165, 1.54) is 0 Å². The number of ether oxygens (including phenoxy) is 1. The van der Waals surface area contributed by atoms with Gasteiger partial charge >= 0.3 is 6.03 Å². The van der Waals surface area contributed by atoms with E-state index in [2.05, 4.69) is 10.6 Å². The lowest BCUT2D eigenvalue weighted by Gasteiger charge is -2.09. The third-order valence-electron chi connectivity index (χ3n) is 2.29. The number of hydrogen-bond donors (Lipinski definition) is 2. The lowest BCUT2D eigenvalue weighted by atomic mass is 10.2. The number of urea groups is 1. The van der Waals surface area contributed by atoms with Gasteiger partial charge in [0.05, 0.1) is 5.56 Å². The lowest BCUT2D eigenvalue weighted by molar-refractivity contribution is -0.122. The summed E-state index contributed by atoms with van der Waals surface area (Å²) in [7, 11) is 0. The molecule has 106 valence electrons. The van der Waals surface area contributed by atoms with Gasteiger partial charge in [-0.05, 0) is 18.1 Å². The number of nitrogens with one attached hydrogen (secondary N) is 2. The molecule has 0 saturated heterocycles. The molecule has 0 aliphatic heterocycles. The second-order valence-electron chi connectivity index (χ2n) is 4.55. The van der Waals surface area contributed by atoms with Crippen molar-refractivity contribution in [1.82, 2.24) is 10.6 Å². The molecule has 0 aliphatic carbocycles. The number of hydrogen-bond acceptors (Lipinski definition) is 4. The number of carbonyl (C=O) groups excluding carboxylic acids is 2. The van der Waals surface area contributed by atoms with E-state index in [1.54, 1.807) is 24.3 Å². The number of amides is 3. The molecule has 6 heteroatoms. The Hall–Kier alpha value is -2.55. The van der Waals surface area contributed by atoms with Gasteiger partial charge in [0.1, 0.15) is 11.8 Å². The van der Waals surface area contributed by atoms with Gasteiger partial charge < -0.3 is 10.1 Å². The molecule has 3 amide bonds. The van der Waals surface area contributed by atoms with Crippen LogP contribution in [0.4, 0.5) is 4.79 Å². The van der Waals surface area contributed by atoms with Crippen LogP contribution in [-0.2, 0) is 4.79 Å². The van der Waals surface area contributed by atoms with E-state index in [9.17, 15) is 9.59 Å². The highest BCUT2D eigenvalue weighted by molar-refractivity contribution is 5.95. The Morgan fingerprint density at radius 3 is 2.70 bits per heavy atom. The van der Waals surface area contributed by atoms with Crippen molar-refractivity contribution in [2.45, 2.75) is 13.8 Å². The van der Waals surface area contributed by atoms with Crippen LogP contribution in [0, 0.1) is 17.2 Å². The van der Waals surface area contributed by atoms with Crippen molar-refractivity contribution in [2.75, 3.05) is 13.2 Å². The molecule has 0 radical (unpaired) electrons. The first-order chi connectivity index (χ1) is 9.52. The summed E-state index contributed by atoms with van der Waals surface area (Å²) in [6.07, 6.45) is 0. The first-order valence-corrected chi connectivity index (χ1v) is 6.22. The monoisotopic (exact) mass is 275 g/mol. The minimum absolute atomic E-state index is 0.301. The van der Waals surface area contributed by atoms with E-state index in [0.29, 0.717) is 23.8 Å². The van der Waals surface area contributed by atoms with E-state index in [4.69, 9.17) is 10.00 Å². The van der Waals surface area contributed by atoms with Gasteiger partial charge in [-0.3, -0.25) is 10.1 Å². The Bertz CT molecular complexity index is 521. The highest BCUT2D eigenvalue weighted by Crippen LogP contribution is 2.15. The van der Waals surface area contributed by atoms with Crippen LogP contribution >= 0.6 is 0 Å². The SMILES string of the molecule is CC(C)CNC(=O)NC(=O)COc1ccccc1C#N. The summed E-state index contributed by atoms with van der Waals surface area (Å²) in [5.74, 6) is 0.0429. The molecule has 1 aromatic rings. The summed E-state index contributed by atoms with van der Waals surface area (Å²) >= 11 is 0. The molecule has 0 aromatic heterocycles. The van der Waals surface area contributed by atoms with Crippen LogP contribution in [0.5, 0.6) is 5.75 Å². The fourth-order valence-electron chi connectivity index (χ4n) is 1.33. The smallest absolute Gasteiger partial charge is 0.321 e. The first kappa shape index (κ1) is 15.5. The van der Waals surface area contributed by atoms with Gasteiger partial charge in [0.2, 0.25) is 0 Å². The zero-order chi connectivity index (χ0) is 15.0. The van der Waals surface area contributed by atoms with E-state index in [0.717, 1.165) is 0 Å².